The van der Waals surface area contributed by atoms with Crippen LogP contribution in [0, 0.1) is 0 Å². The largest absolute Gasteiger partial charge is 0.455 e. The fourth-order valence-electron chi connectivity index (χ4n) is 2.63. The molecule has 2 aromatic rings. The molecule has 1 amide bonds. The molecule has 1 aliphatic heterocycles. The lowest BCUT2D eigenvalue weighted by atomic mass is 10.0. The van der Waals surface area contributed by atoms with Crippen molar-refractivity contribution in [1.29, 1.82) is 0 Å². The predicted molar refractivity (Wildman–Crippen MR) is 76.4 cm³/mol. The Labute approximate surface area is 118 Å². The average Bonchev–Trinajstić information content (AvgIpc) is 2.86. The summed E-state index contributed by atoms with van der Waals surface area (Å²) < 4.78 is 5.45. The Morgan fingerprint density at radius 2 is 1.75 bits per heavy atom. The van der Waals surface area contributed by atoms with E-state index in [2.05, 4.69) is 24.3 Å². The van der Waals surface area contributed by atoms with E-state index in [0.29, 0.717) is 18.1 Å². The van der Waals surface area contributed by atoms with E-state index in [9.17, 15) is 4.79 Å². The van der Waals surface area contributed by atoms with Crippen LogP contribution in [0.1, 0.15) is 27.4 Å². The van der Waals surface area contributed by atoms with Crippen molar-refractivity contribution in [3.63, 3.8) is 0 Å². The van der Waals surface area contributed by atoms with Gasteiger partial charge < -0.3 is 15.1 Å². The summed E-state index contributed by atoms with van der Waals surface area (Å²) in [7, 11) is 0. The van der Waals surface area contributed by atoms with Gasteiger partial charge in [-0.05, 0) is 36.1 Å². The van der Waals surface area contributed by atoms with Crippen molar-refractivity contribution < 1.29 is 9.21 Å². The van der Waals surface area contributed by atoms with Gasteiger partial charge in [-0.3, -0.25) is 4.79 Å². The second kappa shape index (κ2) is 5.51. The Morgan fingerprint density at radius 1 is 1.10 bits per heavy atom. The van der Waals surface area contributed by atoms with Crippen LogP contribution in [0.2, 0.25) is 0 Å². The maximum absolute atomic E-state index is 12.4. The Bertz CT molecular complexity index is 591. The van der Waals surface area contributed by atoms with Gasteiger partial charge in [-0.15, -0.1) is 0 Å². The van der Waals surface area contributed by atoms with E-state index in [0.717, 1.165) is 25.9 Å². The number of hydrogen-bond acceptors (Lipinski definition) is 3. The minimum absolute atomic E-state index is 0.0440. The van der Waals surface area contributed by atoms with Crippen molar-refractivity contribution in [2.24, 2.45) is 5.73 Å². The minimum atomic E-state index is -0.0440. The smallest absolute Gasteiger partial charge is 0.289 e. The van der Waals surface area contributed by atoms with Crippen molar-refractivity contribution in [2.75, 3.05) is 13.1 Å². The van der Waals surface area contributed by atoms with Crippen LogP contribution in [-0.4, -0.2) is 23.9 Å². The van der Waals surface area contributed by atoms with E-state index >= 15 is 0 Å². The highest BCUT2D eigenvalue weighted by Crippen LogP contribution is 2.18. The topological polar surface area (TPSA) is 59.5 Å². The molecule has 0 radical (unpaired) electrons. The summed E-state index contributed by atoms with van der Waals surface area (Å²) in [5.41, 5.74) is 8.18. The van der Waals surface area contributed by atoms with E-state index in [1.165, 1.54) is 11.1 Å². The number of carbonyl (C=O) groups is 1. The zero-order valence-electron chi connectivity index (χ0n) is 11.3. The molecular formula is C16H18N2O2. The number of furan rings is 1. The molecule has 0 aliphatic carbocycles. The molecule has 1 aromatic heterocycles. The molecule has 0 saturated heterocycles. The van der Waals surface area contributed by atoms with Gasteiger partial charge in [0.15, 0.2) is 5.76 Å². The third kappa shape index (κ3) is 2.47. The average molecular weight is 270 g/mol. The minimum Gasteiger partial charge on any atom is -0.455 e. The number of hydrogen-bond donors (Lipinski definition) is 1. The van der Waals surface area contributed by atoms with Gasteiger partial charge in [0.2, 0.25) is 0 Å². The van der Waals surface area contributed by atoms with Gasteiger partial charge in [-0.2, -0.15) is 0 Å². The molecule has 104 valence electrons. The number of carbonyl (C=O) groups excluding carboxylic acids is 1. The van der Waals surface area contributed by atoms with Crippen molar-refractivity contribution in [3.05, 3.63) is 59.0 Å². The first kappa shape index (κ1) is 12.9. The molecule has 2 heterocycles. The van der Waals surface area contributed by atoms with Gasteiger partial charge in [0, 0.05) is 13.1 Å². The fraction of sp³-hybridized carbons (Fsp3) is 0.312. The van der Waals surface area contributed by atoms with Crippen LogP contribution >= 0.6 is 0 Å². The Morgan fingerprint density at radius 3 is 2.30 bits per heavy atom. The maximum Gasteiger partial charge on any atom is 0.289 e. The molecule has 1 aliphatic rings. The Balaban J connectivity index is 1.74. The van der Waals surface area contributed by atoms with Crippen molar-refractivity contribution in [1.82, 2.24) is 4.90 Å². The Kier molecular flexibility index (Phi) is 3.56. The van der Waals surface area contributed by atoms with Gasteiger partial charge >= 0.3 is 0 Å². The summed E-state index contributed by atoms with van der Waals surface area (Å²) in [5.74, 6) is 0.986. The summed E-state index contributed by atoms with van der Waals surface area (Å²) in [6.45, 7) is 1.78. The predicted octanol–water partition coefficient (Wildman–Crippen LogP) is 1.98. The molecule has 0 spiro atoms. The highest BCUT2D eigenvalue weighted by atomic mass is 16.4. The second-order valence-electron chi connectivity index (χ2n) is 5.03. The SMILES string of the molecule is NCc1ccc(C(=O)N2CCc3ccccc3CC2)o1. The number of nitrogens with zero attached hydrogens (tertiary/aromatic N) is 1. The molecule has 20 heavy (non-hydrogen) atoms. The van der Waals surface area contributed by atoms with Crippen LogP contribution in [0.15, 0.2) is 40.8 Å². The lowest BCUT2D eigenvalue weighted by Crippen LogP contribution is -2.33. The van der Waals surface area contributed by atoms with E-state index in [1.54, 1.807) is 12.1 Å². The van der Waals surface area contributed by atoms with E-state index in [-0.39, 0.29) is 5.91 Å². The van der Waals surface area contributed by atoms with Crippen LogP contribution in [0.25, 0.3) is 0 Å². The molecule has 0 atom stereocenters. The summed E-state index contributed by atoms with van der Waals surface area (Å²) in [6, 6.07) is 11.9. The number of fused-ring (bicyclic) bond motifs is 1. The van der Waals surface area contributed by atoms with Crippen molar-refractivity contribution in [2.45, 2.75) is 19.4 Å². The van der Waals surface area contributed by atoms with Gasteiger partial charge in [-0.25, -0.2) is 0 Å². The third-order valence-corrected chi connectivity index (χ3v) is 3.78. The zero-order valence-corrected chi connectivity index (χ0v) is 11.3. The molecule has 3 rings (SSSR count). The number of nitrogens with two attached hydrogens (primary N) is 1. The first-order valence-electron chi connectivity index (χ1n) is 6.93. The first-order valence-corrected chi connectivity index (χ1v) is 6.93. The van der Waals surface area contributed by atoms with E-state index < -0.39 is 0 Å². The molecule has 0 unspecified atom stereocenters. The summed E-state index contributed by atoms with van der Waals surface area (Å²) in [5, 5.41) is 0. The lowest BCUT2D eigenvalue weighted by Gasteiger charge is -2.18. The fourth-order valence-corrected chi connectivity index (χ4v) is 2.63. The summed E-state index contributed by atoms with van der Waals surface area (Å²) in [6.07, 6.45) is 1.79. The maximum atomic E-state index is 12.4. The van der Waals surface area contributed by atoms with Gasteiger partial charge in [0.05, 0.1) is 6.54 Å². The molecule has 0 saturated carbocycles. The van der Waals surface area contributed by atoms with Crippen molar-refractivity contribution >= 4 is 5.91 Å². The molecule has 0 fully saturated rings. The number of rotatable bonds is 2. The van der Waals surface area contributed by atoms with Crippen LogP contribution in [0.3, 0.4) is 0 Å². The number of amides is 1. The normalized spacial score (nSPS) is 14.8. The highest BCUT2D eigenvalue weighted by molar-refractivity contribution is 5.91. The molecule has 1 aromatic carbocycles. The van der Waals surface area contributed by atoms with Crippen LogP contribution in [-0.2, 0) is 19.4 Å². The molecule has 2 N–H and O–H groups in total. The molecule has 4 nitrogen and oxygen atoms in total. The quantitative estimate of drug-likeness (QED) is 0.907. The van der Waals surface area contributed by atoms with Gasteiger partial charge in [-0.1, -0.05) is 24.3 Å². The first-order chi connectivity index (χ1) is 9.78. The monoisotopic (exact) mass is 270 g/mol. The van der Waals surface area contributed by atoms with Crippen molar-refractivity contribution in [3.8, 4) is 0 Å². The summed E-state index contributed by atoms with van der Waals surface area (Å²) >= 11 is 0. The second-order valence-corrected chi connectivity index (χ2v) is 5.03. The van der Waals surface area contributed by atoms with E-state index in [4.69, 9.17) is 10.2 Å². The molecule has 0 bridgehead atoms. The van der Waals surface area contributed by atoms with Crippen LogP contribution in [0.4, 0.5) is 0 Å². The van der Waals surface area contributed by atoms with Crippen LogP contribution < -0.4 is 5.73 Å². The van der Waals surface area contributed by atoms with Gasteiger partial charge in [0.1, 0.15) is 5.76 Å². The zero-order chi connectivity index (χ0) is 13.9. The molecular weight excluding hydrogens is 252 g/mol. The highest BCUT2D eigenvalue weighted by Gasteiger charge is 2.21. The standard InChI is InChI=1S/C16H18N2O2/c17-11-14-5-6-15(20-14)16(19)18-9-7-12-3-1-2-4-13(12)8-10-18/h1-6H,7-11,17H2. The Hall–Kier alpha value is -2.07. The van der Waals surface area contributed by atoms with Crippen LogP contribution in [0.5, 0.6) is 0 Å². The van der Waals surface area contributed by atoms with E-state index in [1.807, 2.05) is 4.90 Å². The van der Waals surface area contributed by atoms with Gasteiger partial charge in [0.25, 0.3) is 5.91 Å². The molecule has 4 heteroatoms. The number of benzene rings is 1. The third-order valence-electron chi connectivity index (χ3n) is 3.78. The lowest BCUT2D eigenvalue weighted by molar-refractivity contribution is 0.0729. The summed E-state index contributed by atoms with van der Waals surface area (Å²) in [4.78, 5) is 14.3.